The Labute approximate surface area is 141 Å². The summed E-state index contributed by atoms with van der Waals surface area (Å²) >= 11 is 0. The van der Waals surface area contributed by atoms with Crippen LogP contribution in [-0.4, -0.2) is 25.2 Å². The molecule has 0 bridgehead atoms. The summed E-state index contributed by atoms with van der Waals surface area (Å²) in [6.07, 6.45) is 0. The maximum Gasteiger partial charge on any atom is 0.249 e. The molecule has 2 aromatic rings. The van der Waals surface area contributed by atoms with E-state index in [1.165, 1.54) is 0 Å². The molecular formula is C19H20N2O3. The topological polar surface area (TPSA) is 50.8 Å². The smallest absolute Gasteiger partial charge is 0.249 e. The SMILES string of the molecule is CC1Nc2cc3c(cc2N(C(C)c2ccccc2)C1=O)OCCO3. The van der Waals surface area contributed by atoms with Gasteiger partial charge in [-0.2, -0.15) is 0 Å². The van der Waals surface area contributed by atoms with Crippen molar-refractivity contribution in [3.63, 3.8) is 0 Å². The van der Waals surface area contributed by atoms with Crippen molar-refractivity contribution in [3.05, 3.63) is 48.0 Å². The summed E-state index contributed by atoms with van der Waals surface area (Å²) in [5.41, 5.74) is 2.83. The van der Waals surface area contributed by atoms with Crippen molar-refractivity contribution in [2.45, 2.75) is 25.9 Å². The lowest BCUT2D eigenvalue weighted by molar-refractivity contribution is -0.119. The van der Waals surface area contributed by atoms with Crippen molar-refractivity contribution in [2.24, 2.45) is 0 Å². The van der Waals surface area contributed by atoms with E-state index in [0.29, 0.717) is 19.0 Å². The molecule has 24 heavy (non-hydrogen) atoms. The van der Waals surface area contributed by atoms with Crippen molar-refractivity contribution in [1.29, 1.82) is 0 Å². The van der Waals surface area contributed by atoms with Crippen LogP contribution in [0.15, 0.2) is 42.5 Å². The van der Waals surface area contributed by atoms with Gasteiger partial charge in [0.1, 0.15) is 19.3 Å². The van der Waals surface area contributed by atoms with E-state index in [9.17, 15) is 4.79 Å². The lowest BCUT2D eigenvalue weighted by Crippen LogP contribution is -2.46. The Morgan fingerprint density at radius 1 is 1.12 bits per heavy atom. The largest absolute Gasteiger partial charge is 0.486 e. The van der Waals surface area contributed by atoms with Gasteiger partial charge in [0.05, 0.1) is 17.4 Å². The van der Waals surface area contributed by atoms with Gasteiger partial charge in [-0.1, -0.05) is 30.3 Å². The van der Waals surface area contributed by atoms with Gasteiger partial charge in [-0.3, -0.25) is 4.79 Å². The van der Waals surface area contributed by atoms with Gasteiger partial charge in [-0.25, -0.2) is 0 Å². The average Bonchev–Trinajstić information content (AvgIpc) is 2.62. The van der Waals surface area contributed by atoms with Gasteiger partial charge >= 0.3 is 0 Å². The van der Waals surface area contributed by atoms with Gasteiger partial charge in [0, 0.05) is 12.1 Å². The van der Waals surface area contributed by atoms with Crippen LogP contribution in [0, 0.1) is 0 Å². The molecule has 2 aromatic carbocycles. The normalized spacial score (nSPS) is 20.2. The van der Waals surface area contributed by atoms with E-state index in [1.54, 1.807) is 0 Å². The molecule has 0 aliphatic carbocycles. The number of nitrogens with one attached hydrogen (secondary N) is 1. The predicted molar refractivity (Wildman–Crippen MR) is 92.9 cm³/mol. The minimum Gasteiger partial charge on any atom is -0.486 e. The summed E-state index contributed by atoms with van der Waals surface area (Å²) in [6, 6.07) is 13.5. The van der Waals surface area contributed by atoms with Gasteiger partial charge in [0.15, 0.2) is 11.5 Å². The molecule has 2 aliphatic heterocycles. The van der Waals surface area contributed by atoms with Gasteiger partial charge < -0.3 is 19.7 Å². The van der Waals surface area contributed by atoms with E-state index < -0.39 is 0 Å². The number of hydrogen-bond donors (Lipinski definition) is 1. The van der Waals surface area contributed by atoms with E-state index in [4.69, 9.17) is 9.47 Å². The molecule has 124 valence electrons. The molecule has 0 radical (unpaired) electrons. The molecule has 1 amide bonds. The van der Waals surface area contributed by atoms with Crippen LogP contribution in [0.4, 0.5) is 11.4 Å². The van der Waals surface area contributed by atoms with Crippen LogP contribution in [0.5, 0.6) is 11.5 Å². The van der Waals surface area contributed by atoms with E-state index >= 15 is 0 Å². The zero-order valence-electron chi connectivity index (χ0n) is 13.8. The molecule has 2 aliphatic rings. The molecule has 0 spiro atoms. The second kappa shape index (κ2) is 5.74. The molecule has 4 rings (SSSR count). The molecule has 2 unspecified atom stereocenters. The van der Waals surface area contributed by atoms with Crippen LogP contribution in [0.1, 0.15) is 25.5 Å². The Kier molecular flexibility index (Phi) is 3.56. The number of anilines is 2. The maximum atomic E-state index is 12.9. The summed E-state index contributed by atoms with van der Waals surface area (Å²) < 4.78 is 11.4. The summed E-state index contributed by atoms with van der Waals surface area (Å²) in [4.78, 5) is 14.7. The molecule has 2 atom stereocenters. The number of rotatable bonds is 2. The summed E-state index contributed by atoms with van der Waals surface area (Å²) in [6.45, 7) is 5.00. The van der Waals surface area contributed by atoms with E-state index in [2.05, 4.69) is 5.32 Å². The first-order valence-corrected chi connectivity index (χ1v) is 8.23. The number of amides is 1. The van der Waals surface area contributed by atoms with Crippen LogP contribution in [0.3, 0.4) is 0 Å². The maximum absolute atomic E-state index is 12.9. The van der Waals surface area contributed by atoms with E-state index in [-0.39, 0.29) is 18.0 Å². The van der Waals surface area contributed by atoms with Crippen molar-refractivity contribution in [2.75, 3.05) is 23.4 Å². The molecule has 0 fully saturated rings. The number of carbonyl (C=O) groups excluding carboxylic acids is 1. The summed E-state index contributed by atoms with van der Waals surface area (Å²) in [5.74, 6) is 1.46. The first-order valence-electron chi connectivity index (χ1n) is 8.23. The predicted octanol–water partition coefficient (Wildman–Crippen LogP) is 3.37. The van der Waals surface area contributed by atoms with Gasteiger partial charge in [-0.05, 0) is 19.4 Å². The van der Waals surface area contributed by atoms with Crippen LogP contribution in [-0.2, 0) is 4.79 Å². The molecule has 2 heterocycles. The first kappa shape index (κ1) is 14.9. The third kappa shape index (κ3) is 2.37. The van der Waals surface area contributed by atoms with Crippen molar-refractivity contribution >= 4 is 17.3 Å². The van der Waals surface area contributed by atoms with E-state index in [0.717, 1.165) is 22.7 Å². The Bertz CT molecular complexity index is 776. The molecule has 0 aromatic heterocycles. The Morgan fingerprint density at radius 3 is 2.50 bits per heavy atom. The standard InChI is InChI=1S/C19H20N2O3/c1-12-19(22)21(13(2)14-6-4-3-5-7-14)16-11-18-17(10-15(16)20-12)23-8-9-24-18/h3-7,10-13,20H,8-9H2,1-2H3. The van der Waals surface area contributed by atoms with Gasteiger partial charge in [0.25, 0.3) is 0 Å². The highest BCUT2D eigenvalue weighted by atomic mass is 16.6. The minimum absolute atomic E-state index is 0.0514. The number of nitrogens with zero attached hydrogens (tertiary/aromatic N) is 1. The highest BCUT2D eigenvalue weighted by Gasteiger charge is 2.35. The number of ether oxygens (including phenoxy) is 2. The van der Waals surface area contributed by atoms with Crippen LogP contribution in [0.2, 0.25) is 0 Å². The minimum atomic E-state index is -0.286. The molecule has 0 saturated carbocycles. The molecular weight excluding hydrogens is 304 g/mol. The quantitative estimate of drug-likeness (QED) is 0.920. The fourth-order valence-corrected chi connectivity index (χ4v) is 3.30. The van der Waals surface area contributed by atoms with Crippen molar-refractivity contribution in [3.8, 4) is 11.5 Å². The highest BCUT2D eigenvalue weighted by molar-refractivity contribution is 6.05. The van der Waals surface area contributed by atoms with Crippen molar-refractivity contribution in [1.82, 2.24) is 0 Å². The van der Waals surface area contributed by atoms with Crippen LogP contribution in [0.25, 0.3) is 0 Å². The lowest BCUT2D eigenvalue weighted by atomic mass is 10.0. The number of carbonyl (C=O) groups is 1. The molecule has 1 N–H and O–H groups in total. The lowest BCUT2D eigenvalue weighted by Gasteiger charge is -2.38. The van der Waals surface area contributed by atoms with Crippen LogP contribution < -0.4 is 19.7 Å². The van der Waals surface area contributed by atoms with Gasteiger partial charge in [-0.15, -0.1) is 0 Å². The highest BCUT2D eigenvalue weighted by Crippen LogP contribution is 2.44. The zero-order chi connectivity index (χ0) is 16.7. The summed E-state index contributed by atoms with van der Waals surface area (Å²) in [7, 11) is 0. The van der Waals surface area contributed by atoms with E-state index in [1.807, 2.05) is 61.2 Å². The Morgan fingerprint density at radius 2 is 1.79 bits per heavy atom. The zero-order valence-corrected chi connectivity index (χ0v) is 13.8. The van der Waals surface area contributed by atoms with Crippen LogP contribution >= 0.6 is 0 Å². The third-order valence-corrected chi connectivity index (χ3v) is 4.57. The Hall–Kier alpha value is -2.69. The fraction of sp³-hybridized carbons (Fsp3) is 0.316. The Balaban J connectivity index is 1.81. The summed E-state index contributed by atoms with van der Waals surface area (Å²) in [5, 5.41) is 3.27. The number of benzene rings is 2. The molecule has 5 nitrogen and oxygen atoms in total. The average molecular weight is 324 g/mol. The molecule has 5 heteroatoms. The van der Waals surface area contributed by atoms with Crippen molar-refractivity contribution < 1.29 is 14.3 Å². The molecule has 0 saturated heterocycles. The second-order valence-corrected chi connectivity index (χ2v) is 6.17. The first-order chi connectivity index (χ1) is 11.6. The monoisotopic (exact) mass is 324 g/mol. The fourth-order valence-electron chi connectivity index (χ4n) is 3.30. The third-order valence-electron chi connectivity index (χ3n) is 4.57. The van der Waals surface area contributed by atoms with Gasteiger partial charge in [0.2, 0.25) is 5.91 Å². The second-order valence-electron chi connectivity index (χ2n) is 6.17. The number of hydrogen-bond acceptors (Lipinski definition) is 4. The number of fused-ring (bicyclic) bond motifs is 2.